The summed E-state index contributed by atoms with van der Waals surface area (Å²) in [4.78, 5) is 11.9. The maximum absolute atomic E-state index is 11.9. The van der Waals surface area contributed by atoms with Crippen LogP contribution in [0.2, 0.25) is 0 Å². The molecule has 20 heavy (non-hydrogen) atoms. The fourth-order valence-electron chi connectivity index (χ4n) is 3.55. The molecule has 1 saturated carbocycles. The first-order valence-electron chi connectivity index (χ1n) is 7.34. The molecule has 1 fully saturated rings. The quantitative estimate of drug-likeness (QED) is 0.608. The lowest BCUT2D eigenvalue weighted by molar-refractivity contribution is -0.0888. The van der Waals surface area contributed by atoms with Gasteiger partial charge in [0.05, 0.1) is 0 Å². The van der Waals surface area contributed by atoms with E-state index in [1.54, 1.807) is 6.08 Å². The number of allylic oxidation sites excluding steroid dienone is 1. The third-order valence-corrected chi connectivity index (χ3v) is 4.44. The van der Waals surface area contributed by atoms with Crippen LogP contribution in [-0.2, 0) is 15.1 Å². The Hall–Kier alpha value is -1.77. The Morgan fingerprint density at radius 1 is 1.40 bits per heavy atom. The van der Waals surface area contributed by atoms with E-state index in [0.29, 0.717) is 5.92 Å². The van der Waals surface area contributed by atoms with E-state index in [4.69, 9.17) is 9.47 Å². The van der Waals surface area contributed by atoms with Gasteiger partial charge in [-0.05, 0) is 37.3 Å². The lowest BCUT2D eigenvalue weighted by atomic mass is 9.58. The molecule has 1 aromatic rings. The van der Waals surface area contributed by atoms with Crippen LogP contribution < -0.4 is 0 Å². The first-order valence-corrected chi connectivity index (χ1v) is 7.34. The van der Waals surface area contributed by atoms with Crippen LogP contribution in [0.4, 0.5) is 4.79 Å². The van der Waals surface area contributed by atoms with Crippen molar-refractivity contribution in [1.82, 2.24) is 0 Å². The van der Waals surface area contributed by atoms with E-state index >= 15 is 0 Å². The van der Waals surface area contributed by atoms with Gasteiger partial charge in [0, 0.05) is 5.92 Å². The molecule has 0 saturated heterocycles. The zero-order valence-electron chi connectivity index (χ0n) is 11.8. The number of rotatable bonds is 3. The van der Waals surface area contributed by atoms with Gasteiger partial charge in [-0.25, -0.2) is 4.79 Å². The minimum atomic E-state index is -0.551. The lowest BCUT2D eigenvalue weighted by Gasteiger charge is -2.52. The van der Waals surface area contributed by atoms with Crippen LogP contribution in [0.25, 0.3) is 0 Å². The third-order valence-electron chi connectivity index (χ3n) is 4.44. The van der Waals surface area contributed by atoms with Crippen molar-refractivity contribution in [1.29, 1.82) is 0 Å². The monoisotopic (exact) mass is 272 g/mol. The van der Waals surface area contributed by atoms with Crippen LogP contribution in [-0.4, -0.2) is 12.8 Å². The van der Waals surface area contributed by atoms with E-state index in [1.165, 1.54) is 17.5 Å². The number of hydrogen-bond acceptors (Lipinski definition) is 3. The van der Waals surface area contributed by atoms with Gasteiger partial charge in [-0.3, -0.25) is 0 Å². The van der Waals surface area contributed by atoms with Crippen LogP contribution in [0, 0.1) is 0 Å². The van der Waals surface area contributed by atoms with Crippen molar-refractivity contribution >= 4 is 6.16 Å². The van der Waals surface area contributed by atoms with Crippen molar-refractivity contribution in [2.45, 2.75) is 44.1 Å². The van der Waals surface area contributed by atoms with Crippen molar-refractivity contribution < 1.29 is 14.3 Å². The smallest absolute Gasteiger partial charge is 0.430 e. The highest BCUT2D eigenvalue weighted by molar-refractivity contribution is 5.63. The van der Waals surface area contributed by atoms with Gasteiger partial charge in [-0.15, -0.1) is 0 Å². The van der Waals surface area contributed by atoms with E-state index in [1.807, 2.05) is 19.1 Å². The third kappa shape index (κ3) is 2.01. The fraction of sp³-hybridized carbons (Fsp3) is 0.471. The Kier molecular flexibility index (Phi) is 3.51. The van der Waals surface area contributed by atoms with Gasteiger partial charge in [-0.1, -0.05) is 42.8 Å². The van der Waals surface area contributed by atoms with Crippen LogP contribution in [0.15, 0.2) is 36.4 Å². The molecule has 0 spiro atoms. The molecule has 2 aliphatic rings. The Labute approximate surface area is 119 Å². The summed E-state index contributed by atoms with van der Waals surface area (Å²) in [6.07, 6.45) is 7.42. The maximum atomic E-state index is 11.9. The summed E-state index contributed by atoms with van der Waals surface area (Å²) in [5.41, 5.74) is 2.09. The molecule has 3 rings (SSSR count). The SMILES string of the molecule is C/C=C/COC(=O)O[C@@]12CCCC[C@@H]1c1ccccc12. The molecule has 0 aliphatic heterocycles. The van der Waals surface area contributed by atoms with E-state index < -0.39 is 11.8 Å². The van der Waals surface area contributed by atoms with Gasteiger partial charge in [0.1, 0.15) is 12.2 Å². The van der Waals surface area contributed by atoms with E-state index in [-0.39, 0.29) is 6.61 Å². The molecule has 0 bridgehead atoms. The number of carbonyl (C=O) groups is 1. The van der Waals surface area contributed by atoms with Crippen molar-refractivity contribution in [3.8, 4) is 0 Å². The normalized spacial score (nSPS) is 27.4. The predicted octanol–water partition coefficient (Wildman–Crippen LogP) is 4.28. The largest absolute Gasteiger partial charge is 0.509 e. The average Bonchev–Trinajstić information content (AvgIpc) is 2.46. The lowest BCUT2D eigenvalue weighted by Crippen LogP contribution is -2.49. The Bertz CT molecular complexity index is 535. The summed E-state index contributed by atoms with van der Waals surface area (Å²) in [6, 6.07) is 8.30. The molecule has 0 heterocycles. The molecule has 2 atom stereocenters. The standard InChI is InChI=1S/C17H20O3/c1-2-3-12-19-16(18)20-17-11-7-6-10-15(17)13-8-4-5-9-14(13)17/h2-5,8-9,15H,6-7,10-12H2,1H3/b3-2+/t15-,17-/m1/s1. The van der Waals surface area contributed by atoms with Gasteiger partial charge in [0.25, 0.3) is 0 Å². The summed E-state index contributed by atoms with van der Waals surface area (Å²) in [5, 5.41) is 0. The van der Waals surface area contributed by atoms with Crippen LogP contribution in [0.1, 0.15) is 49.7 Å². The average molecular weight is 272 g/mol. The minimum Gasteiger partial charge on any atom is -0.430 e. The minimum absolute atomic E-state index is 0.276. The number of carbonyl (C=O) groups excluding carboxylic acids is 1. The van der Waals surface area contributed by atoms with Gasteiger partial charge >= 0.3 is 6.16 Å². The summed E-state index contributed by atoms with van der Waals surface area (Å²) in [7, 11) is 0. The van der Waals surface area contributed by atoms with Gasteiger partial charge < -0.3 is 9.47 Å². The van der Waals surface area contributed by atoms with E-state index in [9.17, 15) is 4.79 Å². The van der Waals surface area contributed by atoms with Gasteiger partial charge in [-0.2, -0.15) is 0 Å². The first-order chi connectivity index (χ1) is 9.78. The van der Waals surface area contributed by atoms with Crippen molar-refractivity contribution in [3.63, 3.8) is 0 Å². The number of hydrogen-bond donors (Lipinski definition) is 0. The summed E-state index contributed by atoms with van der Waals surface area (Å²) < 4.78 is 10.9. The van der Waals surface area contributed by atoms with Gasteiger partial charge in [0.2, 0.25) is 0 Å². The zero-order chi connectivity index (χ0) is 14.0. The van der Waals surface area contributed by atoms with Crippen LogP contribution in [0.3, 0.4) is 0 Å². The topological polar surface area (TPSA) is 35.5 Å². The van der Waals surface area contributed by atoms with Crippen molar-refractivity contribution in [2.24, 2.45) is 0 Å². The van der Waals surface area contributed by atoms with E-state index in [0.717, 1.165) is 19.3 Å². The summed E-state index contributed by atoms with van der Waals surface area (Å²) >= 11 is 0. The Morgan fingerprint density at radius 2 is 2.25 bits per heavy atom. The second kappa shape index (κ2) is 5.31. The van der Waals surface area contributed by atoms with Crippen LogP contribution in [0.5, 0.6) is 0 Å². The molecule has 0 radical (unpaired) electrons. The maximum Gasteiger partial charge on any atom is 0.509 e. The molecule has 2 aliphatic carbocycles. The molecular formula is C17H20O3. The van der Waals surface area contributed by atoms with Crippen molar-refractivity contribution in [2.75, 3.05) is 6.61 Å². The second-order valence-corrected chi connectivity index (χ2v) is 5.51. The molecule has 3 heteroatoms. The zero-order valence-corrected chi connectivity index (χ0v) is 11.8. The molecule has 1 aromatic carbocycles. The molecule has 0 N–H and O–H groups in total. The number of ether oxygens (including phenoxy) is 2. The molecule has 0 unspecified atom stereocenters. The molecule has 0 aromatic heterocycles. The van der Waals surface area contributed by atoms with Crippen LogP contribution >= 0.6 is 0 Å². The number of benzene rings is 1. The molecule has 0 amide bonds. The first kappa shape index (κ1) is 13.2. The molecule has 106 valence electrons. The Balaban J connectivity index is 1.78. The molecule has 3 nitrogen and oxygen atoms in total. The highest BCUT2D eigenvalue weighted by atomic mass is 16.7. The van der Waals surface area contributed by atoms with Gasteiger partial charge in [0.15, 0.2) is 0 Å². The van der Waals surface area contributed by atoms with Crippen molar-refractivity contribution in [3.05, 3.63) is 47.5 Å². The highest BCUT2D eigenvalue weighted by Gasteiger charge is 2.55. The summed E-state index contributed by atoms with van der Waals surface area (Å²) in [6.45, 7) is 2.17. The number of fused-ring (bicyclic) bond motifs is 4. The summed E-state index contributed by atoms with van der Waals surface area (Å²) in [5.74, 6) is 0.349. The predicted molar refractivity (Wildman–Crippen MR) is 76.6 cm³/mol. The van der Waals surface area contributed by atoms with E-state index in [2.05, 4.69) is 18.2 Å². The molecular weight excluding hydrogens is 252 g/mol. The Morgan fingerprint density at radius 3 is 3.10 bits per heavy atom. The second-order valence-electron chi connectivity index (χ2n) is 5.51. The fourth-order valence-corrected chi connectivity index (χ4v) is 3.55. The highest BCUT2D eigenvalue weighted by Crippen LogP contribution is 2.59.